The number of halogens is 2. The van der Waals surface area contributed by atoms with E-state index in [1.807, 2.05) is 0 Å². The summed E-state index contributed by atoms with van der Waals surface area (Å²) in [5.41, 5.74) is 1.47. The fourth-order valence-electron chi connectivity index (χ4n) is 2.69. The number of ether oxygens (including phenoxy) is 1. The molecule has 0 aliphatic heterocycles. The van der Waals surface area contributed by atoms with Gasteiger partial charge >= 0.3 is 5.97 Å². The number of rotatable bonds is 6. The summed E-state index contributed by atoms with van der Waals surface area (Å²) in [6, 6.07) is 5.06. The van der Waals surface area contributed by atoms with Crippen LogP contribution in [0.4, 0.5) is 13.8 Å². The Hall–Kier alpha value is -2.44. The second-order valence-corrected chi connectivity index (χ2v) is 7.87. The molecule has 0 spiro atoms. The molecule has 0 atom stereocenters. The number of hydrogen-bond acceptors (Lipinski definition) is 6. The van der Waals surface area contributed by atoms with Gasteiger partial charge in [0.2, 0.25) is 0 Å². The fraction of sp³-hybridized carbons (Fsp3) is 0.278. The Morgan fingerprint density at radius 2 is 2.15 bits per heavy atom. The van der Waals surface area contributed by atoms with Crippen LogP contribution >= 0.6 is 23.1 Å². The molecule has 1 aliphatic rings. The highest BCUT2D eigenvalue weighted by atomic mass is 32.2. The Balaban J connectivity index is 1.49. The molecule has 0 unspecified atom stereocenters. The van der Waals surface area contributed by atoms with Crippen LogP contribution in [-0.4, -0.2) is 24.2 Å². The van der Waals surface area contributed by atoms with Crippen LogP contribution in [0.25, 0.3) is 0 Å². The van der Waals surface area contributed by atoms with Crippen molar-refractivity contribution in [1.29, 1.82) is 5.26 Å². The third-order valence-electron chi connectivity index (χ3n) is 3.89. The average molecular weight is 408 g/mol. The van der Waals surface area contributed by atoms with Gasteiger partial charge in [0.25, 0.3) is 5.91 Å². The summed E-state index contributed by atoms with van der Waals surface area (Å²) in [4.78, 5) is 24.8. The van der Waals surface area contributed by atoms with E-state index in [0.717, 1.165) is 59.7 Å². The highest BCUT2D eigenvalue weighted by Crippen LogP contribution is 2.38. The summed E-state index contributed by atoms with van der Waals surface area (Å²) < 4.78 is 31.4. The van der Waals surface area contributed by atoms with Crippen LogP contribution in [-0.2, 0) is 27.2 Å². The Labute approximate surface area is 162 Å². The van der Waals surface area contributed by atoms with Crippen molar-refractivity contribution in [2.24, 2.45) is 0 Å². The normalized spacial score (nSPS) is 12.3. The lowest BCUT2D eigenvalue weighted by atomic mass is 10.1. The molecule has 1 heterocycles. The Bertz CT molecular complexity index is 937. The van der Waals surface area contributed by atoms with E-state index in [0.29, 0.717) is 10.6 Å². The van der Waals surface area contributed by atoms with Gasteiger partial charge in [0.15, 0.2) is 6.61 Å². The number of nitriles is 1. The topological polar surface area (TPSA) is 79.2 Å². The number of amides is 1. The van der Waals surface area contributed by atoms with Crippen molar-refractivity contribution in [2.45, 2.75) is 24.2 Å². The number of anilines is 1. The van der Waals surface area contributed by atoms with E-state index in [9.17, 15) is 23.6 Å². The lowest BCUT2D eigenvalue weighted by molar-refractivity contribution is -0.144. The van der Waals surface area contributed by atoms with E-state index >= 15 is 0 Å². The molecule has 5 nitrogen and oxygen atoms in total. The molecule has 0 saturated carbocycles. The van der Waals surface area contributed by atoms with Crippen LogP contribution in [0.3, 0.4) is 0 Å². The first kappa shape index (κ1) is 19.3. The Morgan fingerprint density at radius 3 is 2.93 bits per heavy atom. The smallest absolute Gasteiger partial charge is 0.316 e. The van der Waals surface area contributed by atoms with Gasteiger partial charge in [-0.05, 0) is 43.0 Å². The first-order valence-electron chi connectivity index (χ1n) is 8.06. The van der Waals surface area contributed by atoms with Gasteiger partial charge in [-0.15, -0.1) is 23.1 Å². The van der Waals surface area contributed by atoms with E-state index in [1.165, 1.54) is 11.3 Å². The van der Waals surface area contributed by atoms with Gasteiger partial charge < -0.3 is 10.1 Å². The van der Waals surface area contributed by atoms with Gasteiger partial charge in [-0.1, -0.05) is 0 Å². The van der Waals surface area contributed by atoms with Crippen molar-refractivity contribution in [1.82, 2.24) is 0 Å². The number of esters is 1. The Morgan fingerprint density at radius 1 is 1.33 bits per heavy atom. The van der Waals surface area contributed by atoms with E-state index in [4.69, 9.17) is 4.74 Å². The van der Waals surface area contributed by atoms with Crippen molar-refractivity contribution < 1.29 is 23.1 Å². The molecule has 3 rings (SSSR count). The summed E-state index contributed by atoms with van der Waals surface area (Å²) >= 11 is 2.15. The largest absolute Gasteiger partial charge is 0.455 e. The third kappa shape index (κ3) is 4.64. The number of carbonyl (C=O) groups is 2. The maximum atomic E-state index is 13.5. The van der Waals surface area contributed by atoms with Crippen molar-refractivity contribution in [2.75, 3.05) is 17.7 Å². The molecule has 1 aromatic heterocycles. The number of fused-ring (bicyclic) bond motifs is 1. The zero-order valence-corrected chi connectivity index (χ0v) is 15.6. The maximum Gasteiger partial charge on any atom is 0.316 e. The minimum atomic E-state index is -0.729. The molecular formula is C18H14F2N2O3S2. The van der Waals surface area contributed by atoms with Gasteiger partial charge in [0, 0.05) is 9.77 Å². The molecule has 27 heavy (non-hydrogen) atoms. The third-order valence-corrected chi connectivity index (χ3v) is 6.10. The van der Waals surface area contributed by atoms with Crippen LogP contribution in [0, 0.1) is 23.0 Å². The molecule has 2 aromatic rings. The Kier molecular flexibility index (Phi) is 6.08. The number of benzene rings is 1. The number of hydrogen-bond donors (Lipinski definition) is 1. The predicted molar refractivity (Wildman–Crippen MR) is 97.7 cm³/mol. The van der Waals surface area contributed by atoms with Gasteiger partial charge in [-0.25, -0.2) is 8.78 Å². The quantitative estimate of drug-likeness (QED) is 0.583. The maximum absolute atomic E-state index is 13.5. The molecule has 140 valence electrons. The summed E-state index contributed by atoms with van der Waals surface area (Å²) in [6.45, 7) is -0.515. The summed E-state index contributed by atoms with van der Waals surface area (Å²) in [5, 5.41) is 12.4. The predicted octanol–water partition coefficient (Wildman–Crippen LogP) is 3.66. The molecule has 1 aromatic carbocycles. The molecule has 0 fully saturated rings. The molecule has 0 saturated heterocycles. The van der Waals surface area contributed by atoms with Crippen molar-refractivity contribution in [3.05, 3.63) is 45.8 Å². The molecule has 0 bridgehead atoms. The lowest BCUT2D eigenvalue weighted by Gasteiger charge is -2.06. The summed E-state index contributed by atoms with van der Waals surface area (Å²) in [7, 11) is 0. The second kappa shape index (κ2) is 8.50. The summed E-state index contributed by atoms with van der Waals surface area (Å²) in [6.07, 6.45) is 2.73. The molecular weight excluding hydrogens is 394 g/mol. The number of carbonyl (C=O) groups excluding carboxylic acids is 2. The van der Waals surface area contributed by atoms with Gasteiger partial charge in [0.1, 0.15) is 22.7 Å². The fourth-order valence-corrected chi connectivity index (χ4v) is 4.70. The van der Waals surface area contributed by atoms with Crippen molar-refractivity contribution in [3.63, 3.8) is 0 Å². The van der Waals surface area contributed by atoms with Crippen LogP contribution in [0.5, 0.6) is 0 Å². The zero-order valence-electron chi connectivity index (χ0n) is 14.0. The SMILES string of the molecule is N#Cc1c(NC(=O)COC(=O)CSc2cc(F)ccc2F)sc2c1CCC2. The van der Waals surface area contributed by atoms with Gasteiger partial charge in [-0.3, -0.25) is 9.59 Å². The monoisotopic (exact) mass is 408 g/mol. The highest BCUT2D eigenvalue weighted by molar-refractivity contribution is 8.00. The molecule has 1 aliphatic carbocycles. The number of thiophene rings is 1. The van der Waals surface area contributed by atoms with E-state index in [-0.39, 0.29) is 10.6 Å². The van der Waals surface area contributed by atoms with Crippen LogP contribution in [0.15, 0.2) is 23.1 Å². The van der Waals surface area contributed by atoms with E-state index in [2.05, 4.69) is 11.4 Å². The van der Waals surface area contributed by atoms with E-state index in [1.54, 1.807) is 0 Å². The number of thioether (sulfide) groups is 1. The number of nitrogens with zero attached hydrogens (tertiary/aromatic N) is 1. The van der Waals surface area contributed by atoms with Gasteiger partial charge in [-0.2, -0.15) is 5.26 Å². The second-order valence-electron chi connectivity index (χ2n) is 5.75. The lowest BCUT2D eigenvalue weighted by Crippen LogP contribution is -2.21. The highest BCUT2D eigenvalue weighted by Gasteiger charge is 2.23. The van der Waals surface area contributed by atoms with Gasteiger partial charge in [0.05, 0.1) is 11.3 Å². The standard InChI is InChI=1S/C18H14F2N2O3S2/c19-10-4-5-13(20)15(6-10)26-9-17(24)25-8-16(23)22-18-12(7-21)11-2-1-3-14(11)27-18/h4-6H,1-3,8-9H2,(H,22,23). The zero-order chi connectivity index (χ0) is 19.4. The molecule has 1 amide bonds. The van der Waals surface area contributed by atoms with Crippen molar-refractivity contribution in [3.8, 4) is 6.07 Å². The molecule has 0 radical (unpaired) electrons. The minimum absolute atomic E-state index is 0.0110. The first-order valence-corrected chi connectivity index (χ1v) is 9.86. The first-order chi connectivity index (χ1) is 13.0. The molecule has 9 heteroatoms. The van der Waals surface area contributed by atoms with Crippen molar-refractivity contribution >= 4 is 40.0 Å². The minimum Gasteiger partial charge on any atom is -0.455 e. The summed E-state index contributed by atoms with van der Waals surface area (Å²) in [5.74, 6) is -2.79. The van der Waals surface area contributed by atoms with Crippen LogP contribution < -0.4 is 5.32 Å². The number of aryl methyl sites for hydroxylation is 1. The van der Waals surface area contributed by atoms with Crippen LogP contribution in [0.1, 0.15) is 22.4 Å². The van der Waals surface area contributed by atoms with Crippen LogP contribution in [0.2, 0.25) is 0 Å². The average Bonchev–Trinajstić information content (AvgIpc) is 3.21. The molecule has 1 N–H and O–H groups in total. The van der Waals surface area contributed by atoms with E-state index < -0.39 is 30.1 Å². The number of nitrogens with one attached hydrogen (secondary N) is 1.